The number of fused-ring (bicyclic) bond motifs is 1. The number of ether oxygens (including phenoxy) is 1. The van der Waals surface area contributed by atoms with Gasteiger partial charge in [-0.25, -0.2) is 0 Å². The minimum atomic E-state index is 0.245. The van der Waals surface area contributed by atoms with Crippen molar-refractivity contribution in [2.45, 2.75) is 6.42 Å². The summed E-state index contributed by atoms with van der Waals surface area (Å²) in [6, 6.07) is 9.62. The van der Waals surface area contributed by atoms with E-state index in [2.05, 4.69) is 0 Å². The number of carbonyl (C=O) groups is 1. The molecule has 1 aliphatic heterocycles. The highest BCUT2D eigenvalue weighted by atomic mass is 16.5. The van der Waals surface area contributed by atoms with Crippen LogP contribution in [0.2, 0.25) is 0 Å². The molecule has 0 N–H and O–H groups in total. The normalized spacial score (nSPS) is 33.2. The molecule has 1 saturated heterocycles. The van der Waals surface area contributed by atoms with E-state index in [0.29, 0.717) is 17.6 Å². The number of hydrogen-bond donors (Lipinski definition) is 0. The molecule has 15 heavy (non-hydrogen) atoms. The van der Waals surface area contributed by atoms with Gasteiger partial charge in [-0.05, 0) is 18.3 Å². The Morgan fingerprint density at radius 2 is 2.00 bits per heavy atom. The van der Waals surface area contributed by atoms with Crippen LogP contribution in [-0.2, 0) is 4.74 Å². The predicted octanol–water partition coefficient (Wildman–Crippen LogP) is 2.15. The van der Waals surface area contributed by atoms with E-state index >= 15 is 0 Å². The third-order valence-electron chi connectivity index (χ3n) is 3.60. The fourth-order valence-corrected chi connectivity index (χ4v) is 2.69. The quantitative estimate of drug-likeness (QED) is 0.687. The molecule has 1 saturated carbocycles. The van der Waals surface area contributed by atoms with Crippen LogP contribution in [0.15, 0.2) is 30.3 Å². The molecule has 2 heteroatoms. The zero-order valence-electron chi connectivity index (χ0n) is 8.56. The molecule has 78 valence electrons. The first-order valence-electron chi connectivity index (χ1n) is 5.55. The Balaban J connectivity index is 1.77. The van der Waals surface area contributed by atoms with Crippen molar-refractivity contribution in [1.29, 1.82) is 0 Å². The molecule has 2 aliphatic rings. The first-order chi connectivity index (χ1) is 7.38. The van der Waals surface area contributed by atoms with Crippen LogP contribution in [0, 0.1) is 17.8 Å². The summed E-state index contributed by atoms with van der Waals surface area (Å²) in [6.45, 7) is 1.62. The van der Waals surface area contributed by atoms with Crippen molar-refractivity contribution in [2.24, 2.45) is 17.8 Å². The number of ketones is 1. The van der Waals surface area contributed by atoms with Crippen LogP contribution >= 0.6 is 0 Å². The lowest BCUT2D eigenvalue weighted by Gasteiger charge is -2.07. The summed E-state index contributed by atoms with van der Waals surface area (Å²) >= 11 is 0. The highest BCUT2D eigenvalue weighted by molar-refractivity contribution is 6.00. The van der Waals surface area contributed by atoms with Crippen LogP contribution in [-0.4, -0.2) is 19.0 Å². The van der Waals surface area contributed by atoms with Gasteiger partial charge in [-0.15, -0.1) is 0 Å². The molecule has 1 heterocycles. The SMILES string of the molecule is O=C(c1ccccc1)[C@H]1[C@@H]2COCC[C@@H]21. The van der Waals surface area contributed by atoms with E-state index in [-0.39, 0.29) is 5.92 Å². The van der Waals surface area contributed by atoms with Crippen LogP contribution in [0.5, 0.6) is 0 Å². The number of Topliss-reactive ketones (excluding diaryl/α,β-unsaturated/α-hetero) is 1. The van der Waals surface area contributed by atoms with Crippen molar-refractivity contribution < 1.29 is 9.53 Å². The number of hydrogen-bond acceptors (Lipinski definition) is 2. The molecule has 0 bridgehead atoms. The van der Waals surface area contributed by atoms with E-state index in [9.17, 15) is 4.79 Å². The third kappa shape index (κ3) is 1.49. The third-order valence-corrected chi connectivity index (χ3v) is 3.60. The van der Waals surface area contributed by atoms with Gasteiger partial charge in [0, 0.05) is 18.1 Å². The zero-order chi connectivity index (χ0) is 10.3. The van der Waals surface area contributed by atoms with E-state index in [0.717, 1.165) is 25.2 Å². The summed E-state index contributed by atoms with van der Waals surface area (Å²) in [6.07, 6.45) is 1.06. The Labute approximate surface area is 89.2 Å². The molecule has 0 unspecified atom stereocenters. The molecule has 0 amide bonds. The summed E-state index contributed by atoms with van der Waals surface area (Å²) in [5.74, 6) is 1.67. The van der Waals surface area contributed by atoms with Crippen molar-refractivity contribution in [2.75, 3.05) is 13.2 Å². The van der Waals surface area contributed by atoms with Gasteiger partial charge in [-0.1, -0.05) is 30.3 Å². The predicted molar refractivity (Wildman–Crippen MR) is 56.7 cm³/mol. The van der Waals surface area contributed by atoms with Gasteiger partial charge in [0.25, 0.3) is 0 Å². The molecule has 1 aliphatic carbocycles. The fourth-order valence-electron chi connectivity index (χ4n) is 2.69. The summed E-state index contributed by atoms with van der Waals surface area (Å²) in [4.78, 5) is 12.1. The van der Waals surface area contributed by atoms with Crippen LogP contribution in [0.25, 0.3) is 0 Å². The first-order valence-corrected chi connectivity index (χ1v) is 5.55. The molecule has 3 rings (SSSR count). The average Bonchev–Trinajstić information content (AvgIpc) is 3.03. The molecule has 0 aromatic heterocycles. The lowest BCUT2D eigenvalue weighted by molar-refractivity contribution is 0.0866. The van der Waals surface area contributed by atoms with Crippen molar-refractivity contribution in [1.82, 2.24) is 0 Å². The second kappa shape index (κ2) is 3.46. The molecule has 0 spiro atoms. The topological polar surface area (TPSA) is 26.3 Å². The molecule has 2 fully saturated rings. The molecule has 2 nitrogen and oxygen atoms in total. The fraction of sp³-hybridized carbons (Fsp3) is 0.462. The smallest absolute Gasteiger partial charge is 0.166 e. The van der Waals surface area contributed by atoms with Crippen LogP contribution in [0.3, 0.4) is 0 Å². The summed E-state index contributed by atoms with van der Waals surface area (Å²) in [5, 5.41) is 0. The minimum absolute atomic E-state index is 0.245. The molecule has 3 atom stereocenters. The van der Waals surface area contributed by atoms with Gasteiger partial charge in [0.1, 0.15) is 0 Å². The lowest BCUT2D eigenvalue weighted by Crippen LogP contribution is -2.07. The van der Waals surface area contributed by atoms with Crippen LogP contribution in [0.1, 0.15) is 16.8 Å². The van der Waals surface area contributed by atoms with Gasteiger partial charge in [0.05, 0.1) is 6.61 Å². The lowest BCUT2D eigenvalue weighted by atomic mass is 10.1. The van der Waals surface area contributed by atoms with Crippen LogP contribution < -0.4 is 0 Å². The second-order valence-corrected chi connectivity index (χ2v) is 4.45. The van der Waals surface area contributed by atoms with Gasteiger partial charge in [-0.2, -0.15) is 0 Å². The first kappa shape index (κ1) is 9.10. The highest BCUT2D eigenvalue weighted by Crippen LogP contribution is 2.52. The van der Waals surface area contributed by atoms with E-state index in [1.54, 1.807) is 0 Å². The second-order valence-electron chi connectivity index (χ2n) is 4.45. The summed E-state index contributed by atoms with van der Waals surface area (Å²) in [7, 11) is 0. The molecule has 1 aromatic carbocycles. The van der Waals surface area contributed by atoms with Crippen molar-refractivity contribution >= 4 is 5.78 Å². The number of benzene rings is 1. The van der Waals surface area contributed by atoms with Gasteiger partial charge in [0.15, 0.2) is 5.78 Å². The van der Waals surface area contributed by atoms with Gasteiger partial charge in [-0.3, -0.25) is 4.79 Å². The van der Waals surface area contributed by atoms with Gasteiger partial charge in [0.2, 0.25) is 0 Å². The van der Waals surface area contributed by atoms with Crippen molar-refractivity contribution in [3.05, 3.63) is 35.9 Å². The largest absolute Gasteiger partial charge is 0.381 e. The minimum Gasteiger partial charge on any atom is -0.381 e. The van der Waals surface area contributed by atoms with Gasteiger partial charge >= 0.3 is 0 Å². The molecule has 0 radical (unpaired) electrons. The van der Waals surface area contributed by atoms with E-state index in [1.807, 2.05) is 30.3 Å². The molecule has 1 aromatic rings. The Bertz CT molecular complexity index is 359. The standard InChI is InChI=1S/C13H14O2/c14-13(9-4-2-1-3-5-9)12-10-6-7-15-8-11(10)12/h1-5,10-12H,6-8H2/t10-,11+,12+/m0/s1. The van der Waals surface area contributed by atoms with Crippen LogP contribution in [0.4, 0.5) is 0 Å². The molecular formula is C13H14O2. The monoisotopic (exact) mass is 202 g/mol. The Morgan fingerprint density at radius 1 is 1.20 bits per heavy atom. The number of carbonyl (C=O) groups excluding carboxylic acids is 1. The molecular weight excluding hydrogens is 188 g/mol. The van der Waals surface area contributed by atoms with Crippen molar-refractivity contribution in [3.8, 4) is 0 Å². The Hall–Kier alpha value is -1.15. The summed E-state index contributed by atoms with van der Waals surface area (Å²) < 4.78 is 5.39. The number of rotatable bonds is 2. The maximum atomic E-state index is 12.1. The average molecular weight is 202 g/mol. The highest BCUT2D eigenvalue weighted by Gasteiger charge is 2.55. The Kier molecular flexibility index (Phi) is 2.10. The van der Waals surface area contributed by atoms with E-state index in [1.165, 1.54) is 0 Å². The zero-order valence-corrected chi connectivity index (χ0v) is 8.56. The Morgan fingerprint density at radius 3 is 2.67 bits per heavy atom. The van der Waals surface area contributed by atoms with Crippen molar-refractivity contribution in [3.63, 3.8) is 0 Å². The summed E-state index contributed by atoms with van der Waals surface area (Å²) in [5.41, 5.74) is 0.858. The van der Waals surface area contributed by atoms with E-state index < -0.39 is 0 Å². The van der Waals surface area contributed by atoms with E-state index in [4.69, 9.17) is 4.74 Å². The van der Waals surface area contributed by atoms with Gasteiger partial charge < -0.3 is 4.74 Å². The maximum absolute atomic E-state index is 12.1. The maximum Gasteiger partial charge on any atom is 0.166 e.